The molecule has 0 aliphatic carbocycles. The number of likely N-dealkylation sites (tertiary alicyclic amines) is 1. The number of benzene rings is 1. The maximum absolute atomic E-state index is 13.0. The zero-order chi connectivity index (χ0) is 20.1. The summed E-state index contributed by atoms with van der Waals surface area (Å²) in [6, 6.07) is 6.12. The van der Waals surface area contributed by atoms with E-state index in [1.54, 1.807) is 14.2 Å². The number of hydrogen-bond acceptors (Lipinski definition) is 6. The molecule has 5 rings (SSSR count). The third kappa shape index (κ3) is 3.01. The minimum Gasteiger partial charge on any atom is -0.493 e. The summed E-state index contributed by atoms with van der Waals surface area (Å²) >= 11 is 0. The first-order chi connectivity index (χ1) is 14.1. The largest absolute Gasteiger partial charge is 0.493 e. The van der Waals surface area contributed by atoms with Crippen molar-refractivity contribution in [3.05, 3.63) is 23.8 Å². The molecule has 4 aliphatic heterocycles. The van der Waals surface area contributed by atoms with Crippen molar-refractivity contribution in [1.29, 1.82) is 0 Å². The summed E-state index contributed by atoms with van der Waals surface area (Å²) in [4.78, 5) is 28.9. The van der Waals surface area contributed by atoms with Crippen molar-refractivity contribution in [3.63, 3.8) is 0 Å². The number of rotatable bonds is 5. The van der Waals surface area contributed by atoms with Crippen LogP contribution in [0.2, 0.25) is 0 Å². The Hall–Kier alpha value is -2.48. The van der Waals surface area contributed by atoms with Crippen molar-refractivity contribution >= 4 is 12.0 Å². The smallest absolute Gasteiger partial charge is 0.407 e. The number of fused-ring (bicyclic) bond motifs is 5. The highest BCUT2D eigenvalue weighted by Gasteiger charge is 2.58. The first-order valence-electron chi connectivity index (χ1n) is 10.3. The van der Waals surface area contributed by atoms with Crippen molar-refractivity contribution < 1.29 is 23.8 Å². The minimum absolute atomic E-state index is 0.0317. The molecular weight excluding hydrogens is 374 g/mol. The molecule has 1 N–H and O–H groups in total. The molecule has 4 fully saturated rings. The lowest BCUT2D eigenvalue weighted by Gasteiger charge is -2.28. The van der Waals surface area contributed by atoms with E-state index in [2.05, 4.69) is 21.2 Å². The van der Waals surface area contributed by atoms with E-state index >= 15 is 0 Å². The van der Waals surface area contributed by atoms with E-state index in [-0.39, 0.29) is 24.6 Å². The molecule has 0 radical (unpaired) electrons. The molecule has 4 heterocycles. The number of cyclic esters (lactones) is 1. The molecule has 2 bridgehead atoms. The number of carbonyl (C=O) groups excluding carboxylic acids is 2. The summed E-state index contributed by atoms with van der Waals surface area (Å²) in [5, 5.41) is 2.64. The first-order valence-corrected chi connectivity index (χ1v) is 10.3. The van der Waals surface area contributed by atoms with Gasteiger partial charge in [-0.25, -0.2) is 4.79 Å². The van der Waals surface area contributed by atoms with Crippen molar-refractivity contribution in [2.45, 2.75) is 37.5 Å². The van der Waals surface area contributed by atoms with E-state index in [1.807, 2.05) is 12.1 Å². The van der Waals surface area contributed by atoms with Crippen LogP contribution in [-0.2, 0) is 16.1 Å². The number of carbonyl (C=O) groups is 2. The third-order valence-corrected chi connectivity index (χ3v) is 7.03. The van der Waals surface area contributed by atoms with Crippen LogP contribution in [0, 0.1) is 11.8 Å². The van der Waals surface area contributed by atoms with Crippen molar-refractivity contribution in [3.8, 4) is 11.5 Å². The number of alkyl carbamates (subject to hydrolysis) is 1. The Kier molecular flexibility index (Phi) is 4.53. The molecule has 29 heavy (non-hydrogen) atoms. The van der Waals surface area contributed by atoms with Gasteiger partial charge in [-0.2, -0.15) is 0 Å². The quantitative estimate of drug-likeness (QED) is 0.800. The summed E-state index contributed by atoms with van der Waals surface area (Å²) in [5.41, 5.74) is 1.20. The Morgan fingerprint density at radius 2 is 1.83 bits per heavy atom. The van der Waals surface area contributed by atoms with E-state index in [4.69, 9.17) is 14.2 Å². The highest BCUT2D eigenvalue weighted by molar-refractivity contribution is 5.88. The van der Waals surface area contributed by atoms with E-state index in [0.717, 1.165) is 44.0 Å². The molecule has 2 amide bonds. The van der Waals surface area contributed by atoms with E-state index < -0.39 is 12.1 Å². The summed E-state index contributed by atoms with van der Waals surface area (Å²) in [5.74, 6) is 2.54. The van der Waals surface area contributed by atoms with Crippen molar-refractivity contribution in [1.82, 2.24) is 15.1 Å². The molecule has 156 valence electrons. The van der Waals surface area contributed by atoms with Crippen LogP contribution in [-0.4, -0.2) is 73.8 Å². The summed E-state index contributed by atoms with van der Waals surface area (Å²) in [6.45, 7) is 3.01. The van der Waals surface area contributed by atoms with Gasteiger partial charge in [0.1, 0.15) is 12.6 Å². The Balaban J connectivity index is 1.26. The summed E-state index contributed by atoms with van der Waals surface area (Å²) in [7, 11) is 3.30. The fraction of sp³-hybridized carbons (Fsp3) is 0.619. The maximum atomic E-state index is 13.0. The molecule has 0 saturated carbocycles. The van der Waals surface area contributed by atoms with Gasteiger partial charge in [-0.05, 0) is 42.4 Å². The number of nitrogens with one attached hydrogen (secondary N) is 1. The second kappa shape index (κ2) is 7.09. The van der Waals surface area contributed by atoms with Gasteiger partial charge in [0.15, 0.2) is 11.5 Å². The topological polar surface area (TPSA) is 80.3 Å². The highest BCUT2D eigenvalue weighted by Crippen LogP contribution is 2.49. The molecule has 4 aliphatic rings. The Morgan fingerprint density at radius 3 is 2.41 bits per heavy atom. The lowest BCUT2D eigenvalue weighted by atomic mass is 9.82. The molecular formula is C21H27N3O5. The Bertz CT molecular complexity index is 811. The van der Waals surface area contributed by atoms with Crippen LogP contribution in [0.3, 0.4) is 0 Å². The van der Waals surface area contributed by atoms with E-state index in [9.17, 15) is 9.59 Å². The fourth-order valence-corrected chi connectivity index (χ4v) is 5.85. The number of ether oxygens (including phenoxy) is 3. The monoisotopic (exact) mass is 401 g/mol. The Labute approximate surface area is 170 Å². The van der Waals surface area contributed by atoms with Crippen LogP contribution < -0.4 is 14.8 Å². The maximum Gasteiger partial charge on any atom is 0.407 e. The van der Waals surface area contributed by atoms with Gasteiger partial charge >= 0.3 is 6.09 Å². The van der Waals surface area contributed by atoms with Crippen molar-refractivity contribution in [2.75, 3.05) is 33.9 Å². The van der Waals surface area contributed by atoms with Gasteiger partial charge < -0.3 is 24.4 Å². The molecule has 0 aromatic heterocycles. The standard InChI is InChI=1S/C21H27N3O5/c1-27-18-6-3-12(7-19(18)28-2)8-23-9-13-14(10-23)17-5-4-16(13)24(17)20(25)15-11-29-21(26)22-15/h3,6-7,13-17H,4-5,8-11H2,1-2H3,(H,22,26)/t13-,14+,15-,16-,17+/m0/s1. The number of nitrogens with zero attached hydrogens (tertiary/aromatic N) is 2. The SMILES string of the molecule is COc1ccc(CN2C[C@@H]3[C@H](C2)[C@@H]2CC[C@H]3N2C(=O)[C@@H]2COC(=O)N2)cc1OC. The second-order valence-corrected chi connectivity index (χ2v) is 8.46. The van der Waals surface area contributed by atoms with Gasteiger partial charge in [0.25, 0.3) is 0 Å². The van der Waals surface area contributed by atoms with Gasteiger partial charge in [0.05, 0.1) is 14.2 Å². The molecule has 1 aromatic carbocycles. The van der Waals surface area contributed by atoms with Gasteiger partial charge in [0.2, 0.25) is 5.91 Å². The van der Waals surface area contributed by atoms with E-state index in [1.165, 1.54) is 5.56 Å². The predicted octanol–water partition coefficient (Wildman–Crippen LogP) is 1.23. The number of amides is 2. The zero-order valence-electron chi connectivity index (χ0n) is 16.8. The minimum atomic E-state index is -0.521. The van der Waals surface area contributed by atoms with E-state index in [0.29, 0.717) is 11.8 Å². The molecule has 8 heteroatoms. The van der Waals surface area contributed by atoms with Crippen LogP contribution in [0.15, 0.2) is 18.2 Å². The second-order valence-electron chi connectivity index (χ2n) is 8.46. The van der Waals surface area contributed by atoms with Gasteiger partial charge in [0, 0.05) is 31.7 Å². The van der Waals surface area contributed by atoms with Crippen LogP contribution in [0.4, 0.5) is 4.79 Å². The molecule has 0 unspecified atom stereocenters. The van der Waals surface area contributed by atoms with Crippen LogP contribution in [0.1, 0.15) is 18.4 Å². The molecule has 5 atom stereocenters. The lowest BCUT2D eigenvalue weighted by Crippen LogP contribution is -2.49. The van der Waals surface area contributed by atoms with Gasteiger partial charge in [-0.1, -0.05) is 6.07 Å². The van der Waals surface area contributed by atoms with Crippen LogP contribution >= 0.6 is 0 Å². The fourth-order valence-electron chi connectivity index (χ4n) is 5.85. The molecule has 0 spiro atoms. The normalized spacial score (nSPS) is 32.8. The van der Waals surface area contributed by atoms with Crippen LogP contribution in [0.5, 0.6) is 11.5 Å². The summed E-state index contributed by atoms with van der Waals surface area (Å²) < 4.78 is 15.7. The molecule has 4 saturated heterocycles. The van der Waals surface area contributed by atoms with Gasteiger partial charge in [-0.15, -0.1) is 0 Å². The average Bonchev–Trinajstić information content (AvgIpc) is 3.48. The van der Waals surface area contributed by atoms with Crippen LogP contribution in [0.25, 0.3) is 0 Å². The van der Waals surface area contributed by atoms with Gasteiger partial charge in [-0.3, -0.25) is 9.69 Å². The predicted molar refractivity (Wildman–Crippen MR) is 104 cm³/mol. The summed E-state index contributed by atoms with van der Waals surface area (Å²) in [6.07, 6.45) is 1.63. The lowest BCUT2D eigenvalue weighted by molar-refractivity contribution is -0.135. The first kappa shape index (κ1) is 18.5. The Morgan fingerprint density at radius 1 is 1.14 bits per heavy atom. The third-order valence-electron chi connectivity index (χ3n) is 7.03. The number of methoxy groups -OCH3 is 2. The average molecular weight is 401 g/mol. The van der Waals surface area contributed by atoms with Crippen molar-refractivity contribution in [2.24, 2.45) is 11.8 Å². The molecule has 8 nitrogen and oxygen atoms in total. The zero-order valence-corrected chi connectivity index (χ0v) is 16.8. The highest BCUT2D eigenvalue weighted by atomic mass is 16.6. The number of hydrogen-bond donors (Lipinski definition) is 1. The molecule has 1 aromatic rings.